The molecule has 6 nitrogen and oxygen atoms in total. The van der Waals surface area contributed by atoms with Gasteiger partial charge in [-0.15, -0.1) is 0 Å². The molecule has 0 fully saturated rings. The van der Waals surface area contributed by atoms with Crippen molar-refractivity contribution in [2.24, 2.45) is 0 Å². The molecule has 0 aliphatic carbocycles. The second-order valence-corrected chi connectivity index (χ2v) is 3.94. The third-order valence-electron chi connectivity index (χ3n) is 2.51. The van der Waals surface area contributed by atoms with Crippen molar-refractivity contribution in [2.45, 2.75) is 6.18 Å². The van der Waals surface area contributed by atoms with Crippen molar-refractivity contribution >= 4 is 0 Å². The second kappa shape index (κ2) is 4.93. The molecule has 0 unspecified atom stereocenters. The van der Waals surface area contributed by atoms with Gasteiger partial charge in [0.2, 0.25) is 5.82 Å². The molecular formula is C12H6F3N5O. The van der Waals surface area contributed by atoms with Gasteiger partial charge in [-0.25, -0.2) is 0 Å². The topological polar surface area (TPSA) is 77.6 Å². The monoisotopic (exact) mass is 293 g/mol. The normalized spacial score (nSPS) is 11.6. The van der Waals surface area contributed by atoms with Crippen molar-refractivity contribution < 1.29 is 17.7 Å². The maximum Gasteiger partial charge on any atom is 0.471 e. The first-order valence-electron chi connectivity index (χ1n) is 5.68. The van der Waals surface area contributed by atoms with Crippen molar-refractivity contribution in [3.05, 3.63) is 42.8 Å². The predicted octanol–water partition coefficient (Wildman–Crippen LogP) is 2.61. The minimum Gasteiger partial charge on any atom is -0.329 e. The minimum atomic E-state index is -4.67. The fraction of sp³-hybridized carbons (Fsp3) is 0.0833. The standard InChI is InChI=1S/C12H6F3N5O/c13-12(14,15)11-19-10(20-21-11)7-1-2-17-8(5-7)9-6-16-3-4-18-9/h1-6H. The lowest BCUT2D eigenvalue weighted by atomic mass is 10.2. The molecule has 0 radical (unpaired) electrons. The minimum absolute atomic E-state index is 0.171. The number of hydrogen-bond acceptors (Lipinski definition) is 6. The third-order valence-corrected chi connectivity index (χ3v) is 2.51. The Bertz CT molecular complexity index is 757. The molecule has 0 bridgehead atoms. The molecule has 0 saturated heterocycles. The smallest absolute Gasteiger partial charge is 0.329 e. The highest BCUT2D eigenvalue weighted by atomic mass is 19.4. The van der Waals surface area contributed by atoms with Crippen molar-refractivity contribution in [3.63, 3.8) is 0 Å². The Morgan fingerprint density at radius 3 is 2.48 bits per heavy atom. The number of aromatic nitrogens is 5. The zero-order chi connectivity index (χ0) is 14.9. The molecule has 3 heterocycles. The molecule has 0 atom stereocenters. The summed E-state index contributed by atoms with van der Waals surface area (Å²) in [6, 6.07) is 2.99. The van der Waals surface area contributed by atoms with E-state index in [1.165, 1.54) is 36.9 Å². The Balaban J connectivity index is 1.99. The summed E-state index contributed by atoms with van der Waals surface area (Å²) < 4.78 is 41.5. The van der Waals surface area contributed by atoms with Crippen molar-refractivity contribution in [2.75, 3.05) is 0 Å². The van der Waals surface area contributed by atoms with E-state index in [0.29, 0.717) is 17.0 Å². The van der Waals surface area contributed by atoms with Gasteiger partial charge in [0.05, 0.1) is 11.9 Å². The van der Waals surface area contributed by atoms with E-state index in [9.17, 15) is 13.2 Å². The Morgan fingerprint density at radius 1 is 1.00 bits per heavy atom. The Labute approximate surface area is 115 Å². The summed E-state index contributed by atoms with van der Waals surface area (Å²) in [5.41, 5.74) is 1.27. The lowest BCUT2D eigenvalue weighted by molar-refractivity contribution is -0.159. The number of halogens is 3. The van der Waals surface area contributed by atoms with Crippen LogP contribution in [0.2, 0.25) is 0 Å². The quantitative estimate of drug-likeness (QED) is 0.722. The number of nitrogens with zero attached hydrogens (tertiary/aromatic N) is 5. The van der Waals surface area contributed by atoms with E-state index in [1.807, 2.05) is 0 Å². The van der Waals surface area contributed by atoms with E-state index >= 15 is 0 Å². The summed E-state index contributed by atoms with van der Waals surface area (Å²) in [4.78, 5) is 15.4. The first kappa shape index (κ1) is 13.2. The van der Waals surface area contributed by atoms with E-state index in [-0.39, 0.29) is 5.82 Å². The van der Waals surface area contributed by atoms with Crippen LogP contribution in [-0.2, 0) is 6.18 Å². The predicted molar refractivity (Wildman–Crippen MR) is 63.6 cm³/mol. The molecule has 3 aromatic rings. The van der Waals surface area contributed by atoms with Gasteiger partial charge in [-0.05, 0) is 12.1 Å². The molecule has 0 N–H and O–H groups in total. The highest BCUT2D eigenvalue weighted by Crippen LogP contribution is 2.29. The van der Waals surface area contributed by atoms with Crippen LogP contribution >= 0.6 is 0 Å². The first-order valence-corrected chi connectivity index (χ1v) is 5.68. The summed E-state index contributed by atoms with van der Waals surface area (Å²) in [5, 5.41) is 3.32. The average Bonchev–Trinajstić information content (AvgIpc) is 2.98. The molecule has 0 amide bonds. The van der Waals surface area contributed by atoms with Gasteiger partial charge in [0.25, 0.3) is 0 Å². The molecule has 106 valence electrons. The van der Waals surface area contributed by atoms with Crippen LogP contribution in [-0.4, -0.2) is 25.1 Å². The summed E-state index contributed by atoms with van der Waals surface area (Å²) in [7, 11) is 0. The Hall–Kier alpha value is -2.84. The summed E-state index contributed by atoms with van der Waals surface area (Å²) >= 11 is 0. The summed E-state index contributed by atoms with van der Waals surface area (Å²) in [5.74, 6) is -1.56. The van der Waals surface area contributed by atoms with Gasteiger partial charge in [0.1, 0.15) is 5.69 Å². The molecule has 9 heteroatoms. The van der Waals surface area contributed by atoms with Crippen LogP contribution < -0.4 is 0 Å². The molecule has 21 heavy (non-hydrogen) atoms. The molecule has 0 aliphatic heterocycles. The largest absolute Gasteiger partial charge is 0.471 e. The van der Waals surface area contributed by atoms with Gasteiger partial charge in [0, 0.05) is 24.2 Å². The summed E-state index contributed by atoms with van der Waals surface area (Å²) in [6.45, 7) is 0. The highest BCUT2D eigenvalue weighted by Gasteiger charge is 2.38. The number of pyridine rings is 1. The van der Waals surface area contributed by atoms with Crippen molar-refractivity contribution in [3.8, 4) is 22.8 Å². The van der Waals surface area contributed by atoms with Crippen LogP contribution in [0, 0.1) is 0 Å². The SMILES string of the molecule is FC(F)(F)c1nc(-c2ccnc(-c3cnccn3)c2)no1. The van der Waals surface area contributed by atoms with Crippen LogP contribution in [0.5, 0.6) is 0 Å². The third kappa shape index (κ3) is 2.71. The van der Waals surface area contributed by atoms with Gasteiger partial charge < -0.3 is 4.52 Å². The maximum absolute atomic E-state index is 12.4. The van der Waals surface area contributed by atoms with Gasteiger partial charge in [-0.1, -0.05) is 5.16 Å². The number of hydrogen-bond donors (Lipinski definition) is 0. The van der Waals surface area contributed by atoms with Gasteiger partial charge in [0.15, 0.2) is 0 Å². The van der Waals surface area contributed by atoms with Gasteiger partial charge in [-0.3, -0.25) is 15.0 Å². The Morgan fingerprint density at radius 2 is 1.81 bits per heavy atom. The van der Waals surface area contributed by atoms with Gasteiger partial charge >= 0.3 is 12.1 Å². The van der Waals surface area contributed by atoms with Crippen molar-refractivity contribution in [1.29, 1.82) is 0 Å². The first-order chi connectivity index (χ1) is 10.0. The average molecular weight is 293 g/mol. The number of alkyl halides is 3. The molecule has 0 spiro atoms. The zero-order valence-electron chi connectivity index (χ0n) is 10.2. The lowest BCUT2D eigenvalue weighted by Gasteiger charge is -2.00. The summed E-state index contributed by atoms with van der Waals surface area (Å²) in [6.07, 6.45) is 1.22. The molecule has 3 aromatic heterocycles. The van der Waals surface area contributed by atoms with E-state index in [1.54, 1.807) is 0 Å². The van der Waals surface area contributed by atoms with Crippen LogP contribution in [0.15, 0.2) is 41.4 Å². The molecule has 0 saturated carbocycles. The van der Waals surface area contributed by atoms with Gasteiger partial charge in [-0.2, -0.15) is 18.2 Å². The van der Waals surface area contributed by atoms with E-state index in [0.717, 1.165) is 0 Å². The highest BCUT2D eigenvalue weighted by molar-refractivity contribution is 5.63. The fourth-order valence-electron chi connectivity index (χ4n) is 1.60. The fourth-order valence-corrected chi connectivity index (χ4v) is 1.60. The molecular weight excluding hydrogens is 287 g/mol. The molecule has 0 aromatic carbocycles. The second-order valence-electron chi connectivity index (χ2n) is 3.94. The number of rotatable bonds is 2. The van der Waals surface area contributed by atoms with Crippen LogP contribution in [0.3, 0.4) is 0 Å². The van der Waals surface area contributed by atoms with Crippen LogP contribution in [0.25, 0.3) is 22.8 Å². The zero-order valence-corrected chi connectivity index (χ0v) is 10.2. The van der Waals surface area contributed by atoms with E-state index < -0.39 is 12.1 Å². The molecule has 0 aliphatic rings. The van der Waals surface area contributed by atoms with Crippen molar-refractivity contribution in [1.82, 2.24) is 25.1 Å². The van der Waals surface area contributed by atoms with Crippen LogP contribution in [0.4, 0.5) is 13.2 Å². The van der Waals surface area contributed by atoms with E-state index in [2.05, 4.69) is 29.6 Å². The van der Waals surface area contributed by atoms with E-state index in [4.69, 9.17) is 0 Å². The molecule has 3 rings (SSSR count). The lowest BCUT2D eigenvalue weighted by Crippen LogP contribution is -2.04. The maximum atomic E-state index is 12.4. The van der Waals surface area contributed by atoms with Crippen LogP contribution in [0.1, 0.15) is 5.89 Å². The Kier molecular flexibility index (Phi) is 3.09.